The molecule has 1 aliphatic rings. The highest BCUT2D eigenvalue weighted by atomic mass is 16.3. The quantitative estimate of drug-likeness (QED) is 0.842. The van der Waals surface area contributed by atoms with Gasteiger partial charge in [0.2, 0.25) is 5.91 Å². The zero-order valence-corrected chi connectivity index (χ0v) is 12.3. The van der Waals surface area contributed by atoms with E-state index in [0.717, 1.165) is 23.2 Å². The van der Waals surface area contributed by atoms with E-state index in [2.05, 4.69) is 17.4 Å². The van der Waals surface area contributed by atoms with Crippen molar-refractivity contribution in [3.63, 3.8) is 0 Å². The van der Waals surface area contributed by atoms with Gasteiger partial charge in [0.05, 0.1) is 0 Å². The smallest absolute Gasteiger partial charge is 0.228 e. The molecule has 0 spiro atoms. The van der Waals surface area contributed by atoms with Crippen molar-refractivity contribution in [2.45, 2.75) is 26.2 Å². The molecular formula is C18H19NO2. The summed E-state index contributed by atoms with van der Waals surface area (Å²) in [4.78, 5) is 12.3. The van der Waals surface area contributed by atoms with Crippen molar-refractivity contribution in [3.05, 3.63) is 59.2 Å². The average Bonchev–Trinajstić information content (AvgIpc) is 3.26. The predicted molar refractivity (Wildman–Crippen MR) is 83.5 cm³/mol. The van der Waals surface area contributed by atoms with Gasteiger partial charge in [-0.3, -0.25) is 4.79 Å². The predicted octanol–water partition coefficient (Wildman–Crippen LogP) is 3.75. The average molecular weight is 281 g/mol. The lowest BCUT2D eigenvalue weighted by Gasteiger charge is -2.10. The summed E-state index contributed by atoms with van der Waals surface area (Å²) < 4.78 is 0. The van der Waals surface area contributed by atoms with Crippen molar-refractivity contribution in [1.82, 2.24) is 0 Å². The fraction of sp³-hybridized carbons (Fsp3) is 0.278. The number of aromatic hydroxyl groups is 1. The van der Waals surface area contributed by atoms with Crippen LogP contribution in [0.2, 0.25) is 0 Å². The first-order valence-corrected chi connectivity index (χ1v) is 7.22. The lowest BCUT2D eigenvalue weighted by molar-refractivity contribution is -0.117. The van der Waals surface area contributed by atoms with Crippen molar-refractivity contribution < 1.29 is 9.90 Å². The van der Waals surface area contributed by atoms with Crippen LogP contribution in [0.1, 0.15) is 29.0 Å². The third-order valence-electron chi connectivity index (χ3n) is 4.16. The Morgan fingerprint density at radius 1 is 1.14 bits per heavy atom. The number of hydrogen-bond donors (Lipinski definition) is 2. The molecule has 0 radical (unpaired) electrons. The highest BCUT2D eigenvalue weighted by Gasteiger charge is 2.43. The molecule has 1 aliphatic carbocycles. The molecule has 0 heterocycles. The van der Waals surface area contributed by atoms with E-state index in [-0.39, 0.29) is 17.6 Å². The molecule has 1 fully saturated rings. The van der Waals surface area contributed by atoms with E-state index in [1.54, 1.807) is 6.07 Å². The molecule has 2 unspecified atom stereocenters. The van der Waals surface area contributed by atoms with Gasteiger partial charge in [-0.15, -0.1) is 0 Å². The molecule has 3 heteroatoms. The second-order valence-corrected chi connectivity index (χ2v) is 5.80. The fourth-order valence-corrected chi connectivity index (χ4v) is 2.71. The Morgan fingerprint density at radius 3 is 2.57 bits per heavy atom. The van der Waals surface area contributed by atoms with Crippen molar-refractivity contribution in [1.29, 1.82) is 0 Å². The first-order valence-electron chi connectivity index (χ1n) is 7.22. The van der Waals surface area contributed by atoms with Crippen LogP contribution in [0.15, 0.2) is 42.5 Å². The third-order valence-corrected chi connectivity index (χ3v) is 4.16. The molecule has 1 saturated carbocycles. The summed E-state index contributed by atoms with van der Waals surface area (Å²) in [5.74, 6) is 0.724. The molecule has 0 bridgehead atoms. The van der Waals surface area contributed by atoms with Crippen LogP contribution in [0.25, 0.3) is 0 Å². The minimum Gasteiger partial charge on any atom is -0.508 e. The number of nitrogens with one attached hydrogen (secondary N) is 1. The highest BCUT2D eigenvalue weighted by molar-refractivity contribution is 5.96. The lowest BCUT2D eigenvalue weighted by atomic mass is 10.1. The Morgan fingerprint density at radius 2 is 1.86 bits per heavy atom. The number of carbonyl (C=O) groups excluding carboxylic acids is 1. The normalized spacial score (nSPS) is 20.1. The van der Waals surface area contributed by atoms with Crippen LogP contribution >= 0.6 is 0 Å². The van der Waals surface area contributed by atoms with E-state index < -0.39 is 0 Å². The monoisotopic (exact) mass is 281 g/mol. The number of phenols is 1. The van der Waals surface area contributed by atoms with Crippen molar-refractivity contribution in [3.8, 4) is 5.75 Å². The summed E-state index contributed by atoms with van der Waals surface area (Å²) in [7, 11) is 0. The van der Waals surface area contributed by atoms with Gasteiger partial charge in [0.1, 0.15) is 5.75 Å². The molecule has 1 amide bonds. The molecule has 0 aliphatic heterocycles. The molecule has 3 nitrogen and oxygen atoms in total. The SMILES string of the molecule is Cc1cc(NC(=O)C2CC2c2ccccc2)c(C)cc1O. The van der Waals surface area contributed by atoms with Gasteiger partial charge in [-0.2, -0.15) is 0 Å². The number of hydrogen-bond acceptors (Lipinski definition) is 2. The maximum Gasteiger partial charge on any atom is 0.228 e. The Bertz CT molecular complexity index is 679. The van der Waals surface area contributed by atoms with Crippen molar-refractivity contribution in [2.24, 2.45) is 5.92 Å². The van der Waals surface area contributed by atoms with Crippen LogP contribution in [0.4, 0.5) is 5.69 Å². The first-order chi connectivity index (χ1) is 10.1. The molecular weight excluding hydrogens is 262 g/mol. The maximum absolute atomic E-state index is 12.3. The number of anilines is 1. The number of phenolic OH excluding ortho intramolecular Hbond substituents is 1. The Balaban J connectivity index is 1.70. The number of amides is 1. The van der Waals surface area contributed by atoms with E-state index in [1.807, 2.05) is 38.1 Å². The first kappa shape index (κ1) is 13.7. The molecule has 2 atom stereocenters. The summed E-state index contributed by atoms with van der Waals surface area (Å²) in [5.41, 5.74) is 3.67. The standard InChI is InChI=1S/C18H19NO2/c1-11-9-17(20)12(2)8-16(11)19-18(21)15-10-14(15)13-6-4-3-5-7-13/h3-9,14-15,20H,10H2,1-2H3,(H,19,21). The van der Waals surface area contributed by atoms with Gasteiger partial charge < -0.3 is 10.4 Å². The largest absolute Gasteiger partial charge is 0.508 e. The van der Waals surface area contributed by atoms with Crippen molar-refractivity contribution in [2.75, 3.05) is 5.32 Å². The maximum atomic E-state index is 12.3. The molecule has 2 N–H and O–H groups in total. The van der Waals surface area contributed by atoms with Crippen LogP contribution in [0, 0.1) is 19.8 Å². The zero-order chi connectivity index (χ0) is 15.0. The summed E-state index contributed by atoms with van der Waals surface area (Å²) in [6.45, 7) is 3.71. The molecule has 2 aromatic rings. The Kier molecular flexibility index (Phi) is 3.42. The molecule has 2 aromatic carbocycles. The third kappa shape index (κ3) is 2.77. The lowest BCUT2D eigenvalue weighted by Crippen LogP contribution is -2.15. The van der Waals surface area contributed by atoms with Gasteiger partial charge in [0.15, 0.2) is 0 Å². The number of aryl methyl sites for hydroxylation is 2. The van der Waals surface area contributed by atoms with Gasteiger partial charge in [0, 0.05) is 11.6 Å². The summed E-state index contributed by atoms with van der Waals surface area (Å²) >= 11 is 0. The van der Waals surface area contributed by atoms with Crippen molar-refractivity contribution >= 4 is 11.6 Å². The van der Waals surface area contributed by atoms with E-state index in [0.29, 0.717) is 5.92 Å². The van der Waals surface area contributed by atoms with Crippen LogP contribution in [0.3, 0.4) is 0 Å². The van der Waals surface area contributed by atoms with Gasteiger partial charge in [0.25, 0.3) is 0 Å². The van der Waals surface area contributed by atoms with E-state index in [9.17, 15) is 9.90 Å². The van der Waals surface area contributed by atoms with Gasteiger partial charge in [-0.1, -0.05) is 30.3 Å². The molecule has 0 aromatic heterocycles. The van der Waals surface area contributed by atoms with E-state index >= 15 is 0 Å². The molecule has 3 rings (SSSR count). The van der Waals surface area contributed by atoms with Gasteiger partial charge in [-0.05, 0) is 55.0 Å². The Hall–Kier alpha value is -2.29. The van der Waals surface area contributed by atoms with E-state index in [1.165, 1.54) is 5.56 Å². The molecule has 108 valence electrons. The van der Waals surface area contributed by atoms with E-state index in [4.69, 9.17) is 0 Å². The molecule has 0 saturated heterocycles. The van der Waals surface area contributed by atoms with Gasteiger partial charge >= 0.3 is 0 Å². The number of benzene rings is 2. The highest BCUT2D eigenvalue weighted by Crippen LogP contribution is 2.48. The van der Waals surface area contributed by atoms with Crippen LogP contribution in [0.5, 0.6) is 5.75 Å². The topological polar surface area (TPSA) is 49.3 Å². The fourth-order valence-electron chi connectivity index (χ4n) is 2.71. The van der Waals surface area contributed by atoms with Crippen LogP contribution in [-0.4, -0.2) is 11.0 Å². The summed E-state index contributed by atoms with van der Waals surface area (Å²) in [6, 6.07) is 13.7. The van der Waals surface area contributed by atoms with Crippen LogP contribution < -0.4 is 5.32 Å². The van der Waals surface area contributed by atoms with Gasteiger partial charge in [-0.25, -0.2) is 0 Å². The Labute approximate surface area is 124 Å². The number of rotatable bonds is 3. The second-order valence-electron chi connectivity index (χ2n) is 5.80. The minimum atomic E-state index is 0.0564. The summed E-state index contributed by atoms with van der Waals surface area (Å²) in [6.07, 6.45) is 0.909. The number of carbonyl (C=O) groups is 1. The minimum absolute atomic E-state index is 0.0564. The second kappa shape index (κ2) is 5.24. The molecule has 21 heavy (non-hydrogen) atoms. The van der Waals surface area contributed by atoms with Crippen LogP contribution in [-0.2, 0) is 4.79 Å². The summed E-state index contributed by atoms with van der Waals surface area (Å²) in [5, 5.41) is 12.6. The zero-order valence-electron chi connectivity index (χ0n) is 12.3.